The van der Waals surface area contributed by atoms with E-state index in [1.165, 1.54) is 5.56 Å². The van der Waals surface area contributed by atoms with Gasteiger partial charge in [0, 0.05) is 18.3 Å². The molecule has 116 valence electrons. The molecule has 22 heavy (non-hydrogen) atoms. The van der Waals surface area contributed by atoms with Gasteiger partial charge in [-0.2, -0.15) is 5.10 Å². The van der Waals surface area contributed by atoms with Gasteiger partial charge in [-0.05, 0) is 45.2 Å². The highest BCUT2D eigenvalue weighted by atomic mass is 16.2. The second-order valence-corrected chi connectivity index (χ2v) is 6.23. The number of amides is 1. The van der Waals surface area contributed by atoms with Crippen LogP contribution in [0.4, 0.5) is 0 Å². The first-order chi connectivity index (χ1) is 10.6. The first-order valence-corrected chi connectivity index (χ1v) is 7.93. The smallest absolute Gasteiger partial charge is 0.247 e. The maximum atomic E-state index is 13.0. The Kier molecular flexibility index (Phi) is 4.01. The zero-order valence-corrected chi connectivity index (χ0v) is 13.5. The molecular formula is C18H23N3O. The van der Waals surface area contributed by atoms with E-state index < -0.39 is 0 Å². The van der Waals surface area contributed by atoms with E-state index in [-0.39, 0.29) is 11.9 Å². The SMILES string of the molecule is Cc1cc(C)n(C(C)C(=O)N(Cc2ccccc2)C2CC2)n1. The van der Waals surface area contributed by atoms with Gasteiger partial charge >= 0.3 is 0 Å². The summed E-state index contributed by atoms with van der Waals surface area (Å²) in [6.07, 6.45) is 2.23. The minimum atomic E-state index is -0.252. The molecule has 2 aromatic rings. The Morgan fingerprint density at radius 3 is 2.55 bits per heavy atom. The molecule has 0 N–H and O–H groups in total. The summed E-state index contributed by atoms with van der Waals surface area (Å²) < 4.78 is 1.85. The summed E-state index contributed by atoms with van der Waals surface area (Å²) in [5.74, 6) is 0.164. The molecule has 1 amide bonds. The first-order valence-electron chi connectivity index (χ1n) is 7.93. The molecule has 1 aromatic heterocycles. The molecule has 0 saturated heterocycles. The van der Waals surface area contributed by atoms with Crippen LogP contribution < -0.4 is 0 Å². The lowest BCUT2D eigenvalue weighted by molar-refractivity contribution is -0.135. The third-order valence-corrected chi connectivity index (χ3v) is 4.24. The van der Waals surface area contributed by atoms with Crippen LogP contribution in [0.15, 0.2) is 36.4 Å². The van der Waals surface area contributed by atoms with Gasteiger partial charge in [0.1, 0.15) is 6.04 Å². The van der Waals surface area contributed by atoms with Gasteiger partial charge in [-0.15, -0.1) is 0 Å². The Morgan fingerprint density at radius 2 is 2.00 bits per heavy atom. The lowest BCUT2D eigenvalue weighted by Crippen LogP contribution is -2.38. The summed E-state index contributed by atoms with van der Waals surface area (Å²) in [4.78, 5) is 15.0. The minimum absolute atomic E-state index is 0.164. The second kappa shape index (κ2) is 5.95. The second-order valence-electron chi connectivity index (χ2n) is 6.23. The standard InChI is InChI=1S/C18H23N3O/c1-13-11-14(2)21(19-13)15(3)18(22)20(17-9-10-17)12-16-7-5-4-6-8-16/h4-8,11,15,17H,9-10,12H2,1-3H3. The van der Waals surface area contributed by atoms with Crippen molar-refractivity contribution in [1.29, 1.82) is 0 Å². The zero-order valence-electron chi connectivity index (χ0n) is 13.5. The lowest BCUT2D eigenvalue weighted by atomic mass is 10.2. The quantitative estimate of drug-likeness (QED) is 0.849. The highest BCUT2D eigenvalue weighted by molar-refractivity contribution is 5.80. The van der Waals surface area contributed by atoms with E-state index in [1.807, 2.05) is 54.6 Å². The molecule has 1 aromatic carbocycles. The molecule has 0 bridgehead atoms. The topological polar surface area (TPSA) is 38.1 Å². The van der Waals surface area contributed by atoms with Crippen LogP contribution in [0.3, 0.4) is 0 Å². The van der Waals surface area contributed by atoms with Crippen LogP contribution in [0.2, 0.25) is 0 Å². The van der Waals surface area contributed by atoms with Crippen LogP contribution in [0.25, 0.3) is 0 Å². The Morgan fingerprint density at radius 1 is 1.32 bits per heavy atom. The fourth-order valence-electron chi connectivity index (χ4n) is 2.94. The van der Waals surface area contributed by atoms with Crippen molar-refractivity contribution in [3.05, 3.63) is 53.3 Å². The Bertz CT molecular complexity index is 658. The van der Waals surface area contributed by atoms with Gasteiger partial charge < -0.3 is 4.90 Å². The first kappa shape index (κ1) is 14.8. The molecule has 1 aliphatic carbocycles. The van der Waals surface area contributed by atoms with Gasteiger partial charge in [-0.3, -0.25) is 9.48 Å². The number of nitrogens with zero attached hydrogens (tertiary/aromatic N) is 3. The van der Waals surface area contributed by atoms with Crippen LogP contribution >= 0.6 is 0 Å². The number of carbonyl (C=O) groups is 1. The highest BCUT2D eigenvalue weighted by Gasteiger charge is 2.35. The van der Waals surface area contributed by atoms with Crippen molar-refractivity contribution in [2.75, 3.05) is 0 Å². The number of aromatic nitrogens is 2. The van der Waals surface area contributed by atoms with E-state index in [2.05, 4.69) is 17.2 Å². The van der Waals surface area contributed by atoms with Gasteiger partial charge in [-0.25, -0.2) is 0 Å². The summed E-state index contributed by atoms with van der Waals surface area (Å²) in [6.45, 7) is 6.60. The van der Waals surface area contributed by atoms with E-state index in [1.54, 1.807) is 0 Å². The number of aryl methyl sites for hydroxylation is 2. The third-order valence-electron chi connectivity index (χ3n) is 4.24. The summed E-state index contributed by atoms with van der Waals surface area (Å²) in [5, 5.41) is 4.47. The fourth-order valence-corrected chi connectivity index (χ4v) is 2.94. The Labute approximate surface area is 131 Å². The molecule has 1 atom stereocenters. The van der Waals surface area contributed by atoms with Crippen LogP contribution in [-0.2, 0) is 11.3 Å². The monoisotopic (exact) mass is 297 g/mol. The van der Waals surface area contributed by atoms with Crippen molar-refractivity contribution in [2.45, 2.75) is 52.2 Å². The van der Waals surface area contributed by atoms with Gasteiger partial charge in [-0.1, -0.05) is 30.3 Å². The molecule has 1 unspecified atom stereocenters. The predicted molar refractivity (Wildman–Crippen MR) is 86.4 cm³/mol. The molecule has 4 nitrogen and oxygen atoms in total. The van der Waals surface area contributed by atoms with Crippen molar-refractivity contribution in [3.63, 3.8) is 0 Å². The van der Waals surface area contributed by atoms with Crippen molar-refractivity contribution < 1.29 is 4.79 Å². The normalized spacial score (nSPS) is 15.6. The molecular weight excluding hydrogens is 274 g/mol. The molecule has 0 radical (unpaired) electrons. The molecule has 1 saturated carbocycles. The molecule has 0 spiro atoms. The highest BCUT2D eigenvalue weighted by Crippen LogP contribution is 2.30. The van der Waals surface area contributed by atoms with E-state index in [4.69, 9.17) is 0 Å². The van der Waals surface area contributed by atoms with Gasteiger partial charge in [0.15, 0.2) is 0 Å². The zero-order chi connectivity index (χ0) is 15.7. The summed E-state index contributed by atoms with van der Waals surface area (Å²) >= 11 is 0. The van der Waals surface area contributed by atoms with Crippen molar-refractivity contribution >= 4 is 5.91 Å². The predicted octanol–water partition coefficient (Wildman–Crippen LogP) is 3.25. The van der Waals surface area contributed by atoms with Gasteiger partial charge in [0.2, 0.25) is 5.91 Å². The molecule has 3 rings (SSSR count). The molecule has 0 aliphatic heterocycles. The van der Waals surface area contributed by atoms with Gasteiger partial charge in [0.05, 0.1) is 5.69 Å². The number of benzene rings is 1. The third kappa shape index (κ3) is 3.06. The van der Waals surface area contributed by atoms with Gasteiger partial charge in [0.25, 0.3) is 0 Å². The number of hydrogen-bond acceptors (Lipinski definition) is 2. The van der Waals surface area contributed by atoms with Crippen LogP contribution in [-0.4, -0.2) is 26.6 Å². The van der Waals surface area contributed by atoms with Crippen molar-refractivity contribution in [2.24, 2.45) is 0 Å². The van der Waals surface area contributed by atoms with Crippen LogP contribution in [0.1, 0.15) is 42.8 Å². The minimum Gasteiger partial charge on any atom is -0.334 e. The van der Waals surface area contributed by atoms with E-state index in [0.29, 0.717) is 12.6 Å². The fraction of sp³-hybridized carbons (Fsp3) is 0.444. The Balaban J connectivity index is 1.79. The van der Waals surface area contributed by atoms with Crippen molar-refractivity contribution in [1.82, 2.24) is 14.7 Å². The van der Waals surface area contributed by atoms with Crippen LogP contribution in [0, 0.1) is 13.8 Å². The molecule has 4 heteroatoms. The summed E-state index contributed by atoms with van der Waals surface area (Å²) in [5.41, 5.74) is 3.18. The maximum Gasteiger partial charge on any atom is 0.247 e. The summed E-state index contributed by atoms with van der Waals surface area (Å²) in [6, 6.07) is 12.4. The lowest BCUT2D eigenvalue weighted by Gasteiger charge is -2.26. The van der Waals surface area contributed by atoms with E-state index in [9.17, 15) is 4.79 Å². The van der Waals surface area contributed by atoms with Crippen molar-refractivity contribution in [3.8, 4) is 0 Å². The largest absolute Gasteiger partial charge is 0.334 e. The maximum absolute atomic E-state index is 13.0. The number of carbonyl (C=O) groups excluding carboxylic acids is 1. The number of hydrogen-bond donors (Lipinski definition) is 0. The van der Waals surface area contributed by atoms with Crippen LogP contribution in [0.5, 0.6) is 0 Å². The molecule has 1 fully saturated rings. The average Bonchev–Trinajstić information content (AvgIpc) is 3.29. The van der Waals surface area contributed by atoms with E-state index in [0.717, 1.165) is 24.2 Å². The summed E-state index contributed by atoms with van der Waals surface area (Å²) in [7, 11) is 0. The van der Waals surface area contributed by atoms with E-state index >= 15 is 0 Å². The number of rotatable bonds is 5. The Hall–Kier alpha value is -2.10. The average molecular weight is 297 g/mol. The molecule has 1 heterocycles. The molecule has 1 aliphatic rings.